The molecule has 0 aliphatic carbocycles. The van der Waals surface area contributed by atoms with Gasteiger partial charge in [0, 0.05) is 21.9 Å². The second-order valence-corrected chi connectivity index (χ2v) is 9.36. The van der Waals surface area contributed by atoms with Crippen molar-refractivity contribution in [2.75, 3.05) is 4.90 Å². The molecule has 4 nitrogen and oxygen atoms in total. The van der Waals surface area contributed by atoms with E-state index in [2.05, 4.69) is 31.1 Å². The van der Waals surface area contributed by atoms with E-state index in [1.165, 1.54) is 0 Å². The Morgan fingerprint density at radius 2 is 1.78 bits per heavy atom. The number of aromatic nitrogens is 1. The van der Waals surface area contributed by atoms with E-state index in [9.17, 15) is 0 Å². The SMILES string of the molecule is S=C1N[C@H](c2ccccn2)[C@@H](c2ccc(-c3cccc(Cl)c3Cl)o2)N1c1ccc(Br)cc1. The molecule has 32 heavy (non-hydrogen) atoms. The van der Waals surface area contributed by atoms with Gasteiger partial charge in [-0.05, 0) is 72.9 Å². The van der Waals surface area contributed by atoms with Crippen molar-refractivity contribution in [2.24, 2.45) is 0 Å². The molecule has 2 atom stereocenters. The van der Waals surface area contributed by atoms with Crippen LogP contribution in [0.1, 0.15) is 23.5 Å². The van der Waals surface area contributed by atoms with Crippen molar-refractivity contribution in [1.29, 1.82) is 0 Å². The fourth-order valence-electron chi connectivity index (χ4n) is 3.87. The number of hydrogen-bond donors (Lipinski definition) is 1. The van der Waals surface area contributed by atoms with Gasteiger partial charge in [-0.1, -0.05) is 51.3 Å². The van der Waals surface area contributed by atoms with Crippen molar-refractivity contribution in [3.8, 4) is 11.3 Å². The van der Waals surface area contributed by atoms with Crippen LogP contribution in [0.3, 0.4) is 0 Å². The Morgan fingerprint density at radius 1 is 0.969 bits per heavy atom. The normalized spacial score (nSPS) is 18.1. The van der Waals surface area contributed by atoms with Gasteiger partial charge >= 0.3 is 0 Å². The Kier molecular flexibility index (Phi) is 5.95. The molecule has 5 rings (SSSR count). The van der Waals surface area contributed by atoms with Crippen LogP contribution in [0, 0.1) is 0 Å². The van der Waals surface area contributed by atoms with Crippen LogP contribution in [0.2, 0.25) is 10.0 Å². The molecular weight excluding hydrogens is 529 g/mol. The molecule has 0 amide bonds. The molecular formula is C24H16BrCl2N3OS. The van der Waals surface area contributed by atoms with E-state index in [1.54, 1.807) is 12.3 Å². The number of anilines is 1. The van der Waals surface area contributed by atoms with Crippen molar-refractivity contribution in [3.63, 3.8) is 0 Å². The predicted octanol–water partition coefficient (Wildman–Crippen LogP) is 7.59. The Bertz CT molecular complexity index is 1280. The van der Waals surface area contributed by atoms with Gasteiger partial charge in [-0.15, -0.1) is 0 Å². The summed E-state index contributed by atoms with van der Waals surface area (Å²) in [7, 11) is 0. The van der Waals surface area contributed by atoms with Gasteiger partial charge in [-0.25, -0.2) is 0 Å². The fraction of sp³-hybridized carbons (Fsp3) is 0.0833. The molecule has 1 aliphatic rings. The fourth-order valence-corrected chi connectivity index (χ4v) is 4.88. The van der Waals surface area contributed by atoms with Crippen molar-refractivity contribution in [1.82, 2.24) is 10.3 Å². The minimum atomic E-state index is -0.245. The Hall–Kier alpha value is -2.38. The number of furan rings is 1. The molecule has 3 heterocycles. The van der Waals surface area contributed by atoms with E-state index < -0.39 is 0 Å². The molecule has 0 saturated carbocycles. The van der Waals surface area contributed by atoms with Gasteiger partial charge in [0.1, 0.15) is 17.6 Å². The zero-order chi connectivity index (χ0) is 22.2. The number of rotatable bonds is 4. The molecule has 8 heteroatoms. The average Bonchev–Trinajstić information content (AvgIpc) is 3.41. The second kappa shape index (κ2) is 8.87. The summed E-state index contributed by atoms with van der Waals surface area (Å²) in [6, 6.07) is 22.8. The Balaban J connectivity index is 1.61. The number of nitrogens with zero attached hydrogens (tertiary/aromatic N) is 2. The van der Waals surface area contributed by atoms with Crippen molar-refractivity contribution in [2.45, 2.75) is 12.1 Å². The van der Waals surface area contributed by atoms with Crippen LogP contribution >= 0.6 is 51.3 Å². The first-order valence-corrected chi connectivity index (χ1v) is 11.8. The Labute approximate surface area is 209 Å². The van der Waals surface area contributed by atoms with E-state index in [-0.39, 0.29) is 12.1 Å². The van der Waals surface area contributed by atoms with Gasteiger partial charge < -0.3 is 14.6 Å². The third kappa shape index (κ3) is 3.92. The summed E-state index contributed by atoms with van der Waals surface area (Å²) in [6.07, 6.45) is 1.78. The summed E-state index contributed by atoms with van der Waals surface area (Å²) in [5.74, 6) is 1.38. The summed E-state index contributed by atoms with van der Waals surface area (Å²) < 4.78 is 7.34. The lowest BCUT2D eigenvalue weighted by molar-refractivity contribution is 0.439. The lowest BCUT2D eigenvalue weighted by Crippen LogP contribution is -2.29. The maximum absolute atomic E-state index is 6.43. The molecule has 1 saturated heterocycles. The van der Waals surface area contributed by atoms with Crippen molar-refractivity contribution in [3.05, 3.63) is 105 Å². The summed E-state index contributed by atoms with van der Waals surface area (Å²) in [5, 5.41) is 4.97. The first kappa shape index (κ1) is 21.5. The molecule has 1 fully saturated rings. The topological polar surface area (TPSA) is 41.3 Å². The molecule has 2 aromatic heterocycles. The highest BCUT2D eigenvalue weighted by Crippen LogP contribution is 2.44. The summed E-state index contributed by atoms with van der Waals surface area (Å²) in [6.45, 7) is 0. The first-order chi connectivity index (χ1) is 15.5. The highest BCUT2D eigenvalue weighted by atomic mass is 79.9. The number of pyridine rings is 1. The number of hydrogen-bond acceptors (Lipinski definition) is 3. The third-order valence-electron chi connectivity index (χ3n) is 5.34. The maximum atomic E-state index is 6.43. The molecule has 0 unspecified atom stereocenters. The van der Waals surface area contributed by atoms with E-state index in [1.807, 2.05) is 66.7 Å². The monoisotopic (exact) mass is 543 g/mol. The number of nitrogens with one attached hydrogen (secondary N) is 1. The van der Waals surface area contributed by atoms with E-state index in [0.717, 1.165) is 27.2 Å². The van der Waals surface area contributed by atoms with Gasteiger partial charge in [-0.3, -0.25) is 4.98 Å². The van der Waals surface area contributed by atoms with Crippen LogP contribution in [0.5, 0.6) is 0 Å². The minimum Gasteiger partial charge on any atom is -0.459 e. The van der Waals surface area contributed by atoms with Crippen LogP contribution in [-0.2, 0) is 0 Å². The van der Waals surface area contributed by atoms with Crippen molar-refractivity contribution < 1.29 is 4.42 Å². The minimum absolute atomic E-state index is 0.193. The van der Waals surface area contributed by atoms with Gasteiger partial charge in [0.2, 0.25) is 0 Å². The first-order valence-electron chi connectivity index (χ1n) is 9.83. The van der Waals surface area contributed by atoms with Gasteiger partial charge in [0.15, 0.2) is 5.11 Å². The van der Waals surface area contributed by atoms with Crippen LogP contribution in [0.15, 0.2) is 87.9 Å². The predicted molar refractivity (Wildman–Crippen MR) is 136 cm³/mol. The molecule has 1 N–H and O–H groups in total. The van der Waals surface area contributed by atoms with E-state index in [0.29, 0.717) is 20.9 Å². The number of thiocarbonyl (C=S) groups is 1. The number of halogens is 3. The highest BCUT2D eigenvalue weighted by Gasteiger charge is 2.42. The highest BCUT2D eigenvalue weighted by molar-refractivity contribution is 9.10. The van der Waals surface area contributed by atoms with Gasteiger partial charge in [0.25, 0.3) is 0 Å². The summed E-state index contributed by atoms with van der Waals surface area (Å²) >= 11 is 21.9. The molecule has 0 bridgehead atoms. The zero-order valence-electron chi connectivity index (χ0n) is 16.5. The number of benzene rings is 2. The van der Waals surface area contributed by atoms with Crippen LogP contribution < -0.4 is 10.2 Å². The smallest absolute Gasteiger partial charge is 0.174 e. The van der Waals surface area contributed by atoms with Gasteiger partial charge in [0.05, 0.1) is 21.8 Å². The van der Waals surface area contributed by atoms with E-state index >= 15 is 0 Å². The average molecular weight is 545 g/mol. The summed E-state index contributed by atoms with van der Waals surface area (Å²) in [5.41, 5.74) is 2.56. The molecule has 160 valence electrons. The standard InChI is InChI=1S/C24H16BrCl2N3OS/c25-14-7-9-15(10-8-14)30-23(22(29-24(30)32)18-6-1-2-13-28-18)20-12-11-19(31-20)16-4-3-5-17(26)21(16)27/h1-13,22-23H,(H,29,32)/t22-,23-/m1/s1. The largest absolute Gasteiger partial charge is 0.459 e. The molecule has 1 aliphatic heterocycles. The molecule has 2 aromatic carbocycles. The second-order valence-electron chi connectivity index (χ2n) is 7.28. The molecule has 0 radical (unpaired) electrons. The quantitative estimate of drug-likeness (QED) is 0.268. The van der Waals surface area contributed by atoms with Crippen LogP contribution in [-0.4, -0.2) is 10.1 Å². The zero-order valence-corrected chi connectivity index (χ0v) is 20.4. The van der Waals surface area contributed by atoms with E-state index in [4.69, 9.17) is 39.8 Å². The van der Waals surface area contributed by atoms with Crippen LogP contribution in [0.25, 0.3) is 11.3 Å². The van der Waals surface area contributed by atoms with Crippen molar-refractivity contribution >= 4 is 62.1 Å². The lowest BCUT2D eigenvalue weighted by atomic mass is 10.0. The lowest BCUT2D eigenvalue weighted by Gasteiger charge is -2.26. The third-order valence-corrected chi connectivity index (χ3v) is 7.00. The molecule has 4 aromatic rings. The van der Waals surface area contributed by atoms with Crippen LogP contribution in [0.4, 0.5) is 5.69 Å². The summed E-state index contributed by atoms with van der Waals surface area (Å²) in [4.78, 5) is 6.63. The van der Waals surface area contributed by atoms with Gasteiger partial charge in [-0.2, -0.15) is 0 Å². The molecule has 0 spiro atoms. The maximum Gasteiger partial charge on any atom is 0.174 e. The Morgan fingerprint density at radius 3 is 2.53 bits per heavy atom.